The SMILES string of the molecule is CC(C)C1CCCN(C(C)c2cccc(O)c2)CC1. The van der Waals surface area contributed by atoms with Gasteiger partial charge in [-0.3, -0.25) is 4.90 Å². The summed E-state index contributed by atoms with van der Waals surface area (Å²) in [5.74, 6) is 2.05. The Bertz CT molecular complexity index is 402. The first-order valence-corrected chi connectivity index (χ1v) is 7.61. The van der Waals surface area contributed by atoms with Crippen molar-refractivity contribution < 1.29 is 5.11 Å². The maximum atomic E-state index is 9.61. The summed E-state index contributed by atoms with van der Waals surface area (Å²) in [6, 6.07) is 8.10. The van der Waals surface area contributed by atoms with E-state index in [0.717, 1.165) is 11.8 Å². The highest BCUT2D eigenvalue weighted by atomic mass is 16.3. The molecule has 1 aromatic carbocycles. The van der Waals surface area contributed by atoms with Crippen LogP contribution in [0.4, 0.5) is 0 Å². The van der Waals surface area contributed by atoms with Gasteiger partial charge in [-0.25, -0.2) is 0 Å². The number of phenols is 1. The van der Waals surface area contributed by atoms with Crippen LogP contribution in [0.1, 0.15) is 51.6 Å². The molecule has 1 N–H and O–H groups in total. The molecule has 2 nitrogen and oxygen atoms in total. The van der Waals surface area contributed by atoms with Crippen LogP contribution in [0.25, 0.3) is 0 Å². The first-order valence-electron chi connectivity index (χ1n) is 7.61. The Hall–Kier alpha value is -1.02. The lowest BCUT2D eigenvalue weighted by molar-refractivity contribution is 0.212. The third kappa shape index (κ3) is 3.73. The normalized spacial score (nSPS) is 23.3. The topological polar surface area (TPSA) is 23.5 Å². The monoisotopic (exact) mass is 261 g/mol. The Morgan fingerprint density at radius 3 is 2.63 bits per heavy atom. The first-order chi connectivity index (χ1) is 9.08. The minimum Gasteiger partial charge on any atom is -0.508 e. The first kappa shape index (κ1) is 14.4. The average molecular weight is 261 g/mol. The molecule has 1 aliphatic rings. The molecule has 2 heteroatoms. The average Bonchev–Trinajstić information content (AvgIpc) is 2.63. The minimum absolute atomic E-state index is 0.374. The molecule has 2 rings (SSSR count). The summed E-state index contributed by atoms with van der Waals surface area (Å²) in [7, 11) is 0. The Labute approximate surface area is 117 Å². The Balaban J connectivity index is 2.02. The van der Waals surface area contributed by atoms with Gasteiger partial charge in [-0.1, -0.05) is 26.0 Å². The minimum atomic E-state index is 0.374. The number of benzene rings is 1. The zero-order valence-corrected chi connectivity index (χ0v) is 12.5. The summed E-state index contributed by atoms with van der Waals surface area (Å²) in [5, 5.41) is 9.61. The van der Waals surface area contributed by atoms with Crippen molar-refractivity contribution in [1.82, 2.24) is 4.90 Å². The van der Waals surface area contributed by atoms with Crippen LogP contribution in [0.15, 0.2) is 24.3 Å². The Morgan fingerprint density at radius 1 is 1.16 bits per heavy atom. The van der Waals surface area contributed by atoms with E-state index >= 15 is 0 Å². The van der Waals surface area contributed by atoms with Crippen LogP contribution < -0.4 is 0 Å². The zero-order chi connectivity index (χ0) is 13.8. The number of phenolic OH excluding ortho intramolecular Hbond substituents is 1. The van der Waals surface area contributed by atoms with Gasteiger partial charge in [-0.2, -0.15) is 0 Å². The molecule has 106 valence electrons. The summed E-state index contributed by atoms with van der Waals surface area (Å²) in [6.45, 7) is 9.31. The largest absolute Gasteiger partial charge is 0.508 e. The maximum absolute atomic E-state index is 9.61. The van der Waals surface area contributed by atoms with Crippen LogP contribution in [0.3, 0.4) is 0 Å². The number of hydrogen-bond donors (Lipinski definition) is 1. The molecule has 1 aliphatic heterocycles. The molecule has 0 aromatic heterocycles. The van der Waals surface area contributed by atoms with E-state index in [0.29, 0.717) is 11.8 Å². The summed E-state index contributed by atoms with van der Waals surface area (Å²) in [6.07, 6.45) is 3.97. The van der Waals surface area contributed by atoms with Crippen molar-refractivity contribution in [2.24, 2.45) is 11.8 Å². The molecule has 1 heterocycles. The fraction of sp³-hybridized carbons (Fsp3) is 0.647. The molecule has 0 spiro atoms. The third-order valence-electron chi connectivity index (χ3n) is 4.65. The molecule has 2 atom stereocenters. The maximum Gasteiger partial charge on any atom is 0.115 e. The van der Waals surface area contributed by atoms with Crippen molar-refractivity contribution in [2.45, 2.75) is 46.1 Å². The van der Waals surface area contributed by atoms with E-state index in [1.54, 1.807) is 6.07 Å². The predicted octanol–water partition coefficient (Wildman–Crippen LogP) is 4.21. The lowest BCUT2D eigenvalue weighted by atomic mass is 9.89. The third-order valence-corrected chi connectivity index (χ3v) is 4.65. The molecule has 1 saturated heterocycles. The van der Waals surface area contributed by atoms with Gasteiger partial charge in [0.1, 0.15) is 5.75 Å². The highest BCUT2D eigenvalue weighted by Gasteiger charge is 2.23. The molecule has 1 aromatic rings. The van der Waals surface area contributed by atoms with Crippen LogP contribution in [0.2, 0.25) is 0 Å². The van der Waals surface area contributed by atoms with Gasteiger partial charge >= 0.3 is 0 Å². The van der Waals surface area contributed by atoms with E-state index in [2.05, 4.69) is 31.7 Å². The van der Waals surface area contributed by atoms with E-state index in [-0.39, 0.29) is 0 Å². The molecule has 2 unspecified atom stereocenters. The number of nitrogens with zero attached hydrogens (tertiary/aromatic N) is 1. The molecule has 0 bridgehead atoms. The van der Waals surface area contributed by atoms with Gasteiger partial charge in [0.2, 0.25) is 0 Å². The van der Waals surface area contributed by atoms with Crippen molar-refractivity contribution in [3.05, 3.63) is 29.8 Å². The van der Waals surface area contributed by atoms with E-state index in [9.17, 15) is 5.11 Å². The molecule has 0 amide bonds. The van der Waals surface area contributed by atoms with Gasteiger partial charge in [0.25, 0.3) is 0 Å². The van der Waals surface area contributed by atoms with Crippen molar-refractivity contribution in [3.8, 4) is 5.75 Å². The van der Waals surface area contributed by atoms with Crippen LogP contribution in [0, 0.1) is 11.8 Å². The van der Waals surface area contributed by atoms with E-state index in [4.69, 9.17) is 0 Å². The number of hydrogen-bond acceptors (Lipinski definition) is 2. The van der Waals surface area contributed by atoms with Crippen LogP contribution in [0.5, 0.6) is 5.75 Å². The fourth-order valence-corrected chi connectivity index (χ4v) is 3.19. The lowest BCUT2D eigenvalue weighted by Crippen LogP contribution is -2.28. The van der Waals surface area contributed by atoms with Gasteiger partial charge in [-0.05, 0) is 68.8 Å². The quantitative estimate of drug-likeness (QED) is 0.881. The van der Waals surface area contributed by atoms with E-state index in [1.165, 1.54) is 37.9 Å². The highest BCUT2D eigenvalue weighted by molar-refractivity contribution is 5.29. The van der Waals surface area contributed by atoms with Crippen molar-refractivity contribution in [1.29, 1.82) is 0 Å². The van der Waals surface area contributed by atoms with Crippen molar-refractivity contribution >= 4 is 0 Å². The number of likely N-dealkylation sites (tertiary alicyclic amines) is 1. The number of aromatic hydroxyl groups is 1. The molecular formula is C17H27NO. The van der Waals surface area contributed by atoms with Gasteiger partial charge in [0.05, 0.1) is 0 Å². The molecule has 1 fully saturated rings. The van der Waals surface area contributed by atoms with E-state index < -0.39 is 0 Å². The molecule has 0 radical (unpaired) electrons. The highest BCUT2D eigenvalue weighted by Crippen LogP contribution is 2.30. The zero-order valence-electron chi connectivity index (χ0n) is 12.5. The van der Waals surface area contributed by atoms with Gasteiger partial charge in [-0.15, -0.1) is 0 Å². The molecule has 19 heavy (non-hydrogen) atoms. The second kappa shape index (κ2) is 6.42. The fourth-order valence-electron chi connectivity index (χ4n) is 3.19. The van der Waals surface area contributed by atoms with Gasteiger partial charge in [0.15, 0.2) is 0 Å². The summed E-state index contributed by atoms with van der Waals surface area (Å²) < 4.78 is 0. The molecule has 0 aliphatic carbocycles. The van der Waals surface area contributed by atoms with Crippen LogP contribution >= 0.6 is 0 Å². The Kier molecular flexibility index (Phi) is 4.87. The van der Waals surface area contributed by atoms with Gasteiger partial charge < -0.3 is 5.11 Å². The number of rotatable bonds is 3. The molecular weight excluding hydrogens is 234 g/mol. The van der Waals surface area contributed by atoms with Crippen molar-refractivity contribution in [2.75, 3.05) is 13.1 Å². The smallest absolute Gasteiger partial charge is 0.115 e. The van der Waals surface area contributed by atoms with Crippen LogP contribution in [-0.2, 0) is 0 Å². The predicted molar refractivity (Wildman–Crippen MR) is 80.3 cm³/mol. The summed E-state index contributed by atoms with van der Waals surface area (Å²) in [4.78, 5) is 2.57. The van der Waals surface area contributed by atoms with Crippen molar-refractivity contribution in [3.63, 3.8) is 0 Å². The standard InChI is InChI=1S/C17H27NO/c1-13(2)15-7-5-10-18(11-9-15)14(3)16-6-4-8-17(19)12-16/h4,6,8,12-15,19H,5,7,9-11H2,1-3H3. The second-order valence-corrected chi connectivity index (χ2v) is 6.24. The van der Waals surface area contributed by atoms with Crippen LogP contribution in [-0.4, -0.2) is 23.1 Å². The van der Waals surface area contributed by atoms with E-state index in [1.807, 2.05) is 12.1 Å². The lowest BCUT2D eigenvalue weighted by Gasteiger charge is -2.28. The summed E-state index contributed by atoms with van der Waals surface area (Å²) in [5.41, 5.74) is 1.22. The summed E-state index contributed by atoms with van der Waals surface area (Å²) >= 11 is 0. The Morgan fingerprint density at radius 2 is 1.95 bits per heavy atom. The second-order valence-electron chi connectivity index (χ2n) is 6.24. The molecule has 0 saturated carbocycles. The van der Waals surface area contributed by atoms with Gasteiger partial charge in [0, 0.05) is 6.04 Å².